The molecule has 116 valence electrons. The number of carbonyl (C=O) groups excluding carboxylic acids is 1. The fraction of sp³-hybridized carbons (Fsp3) is 0.562. The topological polar surface area (TPSA) is 41.1 Å². The minimum atomic E-state index is -0.308. The average Bonchev–Trinajstić information content (AvgIpc) is 3.29. The molecule has 1 aromatic carbocycles. The van der Waals surface area contributed by atoms with Gasteiger partial charge in [0.1, 0.15) is 5.82 Å². The summed E-state index contributed by atoms with van der Waals surface area (Å²) in [5, 5.41) is 6.20. The lowest BCUT2D eigenvalue weighted by molar-refractivity contribution is 0.0951. The van der Waals surface area contributed by atoms with E-state index >= 15 is 0 Å². The number of rotatable bonds is 4. The zero-order chi connectivity index (χ0) is 13.9. The second-order valence-electron chi connectivity index (χ2n) is 5.95. The van der Waals surface area contributed by atoms with E-state index in [4.69, 9.17) is 0 Å². The van der Waals surface area contributed by atoms with Crippen molar-refractivity contribution >= 4 is 18.3 Å². The van der Waals surface area contributed by atoms with Crippen LogP contribution in [0.25, 0.3) is 0 Å². The lowest BCUT2D eigenvalue weighted by Gasteiger charge is -2.23. The number of hydrogen-bond donors (Lipinski definition) is 2. The van der Waals surface area contributed by atoms with Crippen molar-refractivity contribution in [1.29, 1.82) is 0 Å². The van der Waals surface area contributed by atoms with E-state index in [1.165, 1.54) is 18.9 Å². The lowest BCUT2D eigenvalue weighted by atomic mass is 9.89. The van der Waals surface area contributed by atoms with Crippen molar-refractivity contribution in [2.24, 2.45) is 5.92 Å². The van der Waals surface area contributed by atoms with Crippen LogP contribution in [0.2, 0.25) is 0 Å². The summed E-state index contributed by atoms with van der Waals surface area (Å²) in [7, 11) is 0. The highest BCUT2D eigenvalue weighted by Crippen LogP contribution is 2.28. The monoisotopic (exact) mass is 312 g/mol. The summed E-state index contributed by atoms with van der Waals surface area (Å²) in [6.07, 6.45) is 4.41. The number of halogens is 2. The molecule has 1 aliphatic carbocycles. The number of hydrogen-bond acceptors (Lipinski definition) is 2. The second kappa shape index (κ2) is 7.23. The van der Waals surface area contributed by atoms with Crippen LogP contribution in [0.1, 0.15) is 47.5 Å². The van der Waals surface area contributed by atoms with Gasteiger partial charge in [0, 0.05) is 12.1 Å². The Kier molecular flexibility index (Phi) is 5.59. The maximum atomic E-state index is 13.8. The third kappa shape index (κ3) is 4.42. The van der Waals surface area contributed by atoms with E-state index in [0.29, 0.717) is 17.4 Å². The van der Waals surface area contributed by atoms with Gasteiger partial charge < -0.3 is 10.6 Å². The lowest BCUT2D eigenvalue weighted by Crippen LogP contribution is -2.28. The first-order valence-corrected chi connectivity index (χ1v) is 7.52. The SMILES string of the molecule is Cl.O=C(NCC1CC1)c1cc(F)cc(C2CCNCC2)c1. The molecule has 2 fully saturated rings. The van der Waals surface area contributed by atoms with E-state index in [9.17, 15) is 9.18 Å². The molecule has 0 atom stereocenters. The van der Waals surface area contributed by atoms with Gasteiger partial charge in [0.15, 0.2) is 0 Å². The molecule has 5 heteroatoms. The Hall–Kier alpha value is -1.13. The molecule has 21 heavy (non-hydrogen) atoms. The van der Waals surface area contributed by atoms with E-state index in [-0.39, 0.29) is 24.1 Å². The molecular weight excluding hydrogens is 291 g/mol. The molecule has 0 bridgehead atoms. The summed E-state index contributed by atoms with van der Waals surface area (Å²) >= 11 is 0. The Labute approximate surface area is 131 Å². The van der Waals surface area contributed by atoms with Crippen molar-refractivity contribution in [2.45, 2.75) is 31.6 Å². The summed E-state index contributed by atoms with van der Waals surface area (Å²) in [6.45, 7) is 2.65. The Morgan fingerprint density at radius 1 is 1.19 bits per heavy atom. The zero-order valence-corrected chi connectivity index (χ0v) is 12.8. The van der Waals surface area contributed by atoms with Crippen LogP contribution in [0.15, 0.2) is 18.2 Å². The van der Waals surface area contributed by atoms with Crippen molar-refractivity contribution in [3.05, 3.63) is 35.1 Å². The number of benzene rings is 1. The van der Waals surface area contributed by atoms with Crippen LogP contribution in [0.3, 0.4) is 0 Å². The van der Waals surface area contributed by atoms with Gasteiger partial charge in [-0.25, -0.2) is 4.39 Å². The van der Waals surface area contributed by atoms with Crippen molar-refractivity contribution in [2.75, 3.05) is 19.6 Å². The first kappa shape index (κ1) is 16.2. The van der Waals surface area contributed by atoms with Crippen LogP contribution in [-0.2, 0) is 0 Å². The van der Waals surface area contributed by atoms with Gasteiger partial charge in [-0.3, -0.25) is 4.79 Å². The predicted molar refractivity (Wildman–Crippen MR) is 83.5 cm³/mol. The number of piperidine rings is 1. The van der Waals surface area contributed by atoms with Crippen LogP contribution in [0.4, 0.5) is 4.39 Å². The van der Waals surface area contributed by atoms with Gasteiger partial charge in [0.05, 0.1) is 0 Å². The molecule has 2 aliphatic rings. The van der Waals surface area contributed by atoms with Crippen molar-refractivity contribution in [3.8, 4) is 0 Å². The van der Waals surface area contributed by atoms with E-state index < -0.39 is 0 Å². The maximum Gasteiger partial charge on any atom is 0.251 e. The standard InChI is InChI=1S/C16H21FN2O.ClH/c17-15-8-13(12-3-5-18-6-4-12)7-14(9-15)16(20)19-10-11-1-2-11;/h7-9,11-12,18H,1-6,10H2,(H,19,20);1H. The van der Waals surface area contributed by atoms with E-state index in [1.807, 2.05) is 6.07 Å². The third-order valence-electron chi connectivity index (χ3n) is 4.24. The molecule has 1 amide bonds. The molecule has 3 rings (SSSR count). The van der Waals surface area contributed by atoms with Crippen LogP contribution in [0, 0.1) is 11.7 Å². The van der Waals surface area contributed by atoms with Crippen molar-refractivity contribution in [3.63, 3.8) is 0 Å². The van der Waals surface area contributed by atoms with Crippen LogP contribution < -0.4 is 10.6 Å². The van der Waals surface area contributed by atoms with E-state index in [1.54, 1.807) is 6.07 Å². The van der Waals surface area contributed by atoms with Gasteiger partial charge in [-0.05, 0) is 74.4 Å². The number of nitrogens with one attached hydrogen (secondary N) is 2. The fourth-order valence-electron chi connectivity index (χ4n) is 2.80. The Bertz CT molecular complexity index is 499. The molecule has 1 aliphatic heterocycles. The molecule has 0 spiro atoms. The first-order valence-electron chi connectivity index (χ1n) is 7.52. The van der Waals surface area contributed by atoms with Gasteiger partial charge in [-0.2, -0.15) is 0 Å². The largest absolute Gasteiger partial charge is 0.352 e. The van der Waals surface area contributed by atoms with Gasteiger partial charge >= 0.3 is 0 Å². The highest BCUT2D eigenvalue weighted by Gasteiger charge is 2.22. The van der Waals surface area contributed by atoms with Crippen molar-refractivity contribution < 1.29 is 9.18 Å². The molecular formula is C16H22ClFN2O. The van der Waals surface area contributed by atoms with Crippen LogP contribution in [0.5, 0.6) is 0 Å². The summed E-state index contributed by atoms with van der Waals surface area (Å²) in [4.78, 5) is 12.1. The minimum Gasteiger partial charge on any atom is -0.352 e. The Balaban J connectivity index is 0.00000161. The average molecular weight is 313 g/mol. The number of amides is 1. The molecule has 1 heterocycles. The molecule has 1 aromatic rings. The second-order valence-corrected chi connectivity index (χ2v) is 5.95. The highest BCUT2D eigenvalue weighted by atomic mass is 35.5. The molecule has 0 unspecified atom stereocenters. The van der Waals surface area contributed by atoms with Crippen LogP contribution >= 0.6 is 12.4 Å². The molecule has 0 aromatic heterocycles. The van der Waals surface area contributed by atoms with Crippen molar-refractivity contribution in [1.82, 2.24) is 10.6 Å². The first-order chi connectivity index (χ1) is 9.72. The van der Waals surface area contributed by atoms with Gasteiger partial charge in [-0.15, -0.1) is 12.4 Å². The quantitative estimate of drug-likeness (QED) is 0.897. The summed E-state index contributed by atoms with van der Waals surface area (Å²) < 4.78 is 13.8. The van der Waals surface area contributed by atoms with Gasteiger partial charge in [0.2, 0.25) is 0 Å². The molecule has 0 radical (unpaired) electrons. The normalized spacial score (nSPS) is 18.9. The smallest absolute Gasteiger partial charge is 0.251 e. The maximum absolute atomic E-state index is 13.8. The number of carbonyl (C=O) groups is 1. The highest BCUT2D eigenvalue weighted by molar-refractivity contribution is 5.94. The molecule has 3 nitrogen and oxygen atoms in total. The van der Waals surface area contributed by atoms with Gasteiger partial charge in [-0.1, -0.05) is 0 Å². The Morgan fingerprint density at radius 2 is 1.90 bits per heavy atom. The molecule has 1 saturated heterocycles. The molecule has 2 N–H and O–H groups in total. The zero-order valence-electron chi connectivity index (χ0n) is 12.0. The predicted octanol–water partition coefficient (Wildman–Crippen LogP) is 2.85. The third-order valence-corrected chi connectivity index (χ3v) is 4.24. The Morgan fingerprint density at radius 3 is 2.57 bits per heavy atom. The summed E-state index contributed by atoms with van der Waals surface area (Å²) in [5.41, 5.74) is 1.42. The van der Waals surface area contributed by atoms with E-state index in [0.717, 1.165) is 38.0 Å². The molecule has 1 saturated carbocycles. The fourth-order valence-corrected chi connectivity index (χ4v) is 2.80. The minimum absolute atomic E-state index is 0. The summed E-state index contributed by atoms with van der Waals surface area (Å²) in [5.74, 6) is 0.544. The van der Waals surface area contributed by atoms with Gasteiger partial charge in [0.25, 0.3) is 5.91 Å². The van der Waals surface area contributed by atoms with Crippen LogP contribution in [-0.4, -0.2) is 25.5 Å². The summed E-state index contributed by atoms with van der Waals surface area (Å²) in [6, 6.07) is 4.78. The van der Waals surface area contributed by atoms with E-state index in [2.05, 4.69) is 10.6 Å².